The minimum absolute atomic E-state index is 0.000353. The van der Waals surface area contributed by atoms with Gasteiger partial charge in [-0.3, -0.25) is 0 Å². The molecule has 0 rings (SSSR count). The Morgan fingerprint density at radius 2 is 2.12 bits per heavy atom. The molecule has 17 heavy (non-hydrogen) atoms. The Morgan fingerprint density at radius 1 is 1.35 bits per heavy atom. The molecule has 0 aromatic carbocycles. The first kappa shape index (κ1) is 16.2. The highest BCUT2D eigenvalue weighted by Crippen LogP contribution is 2.10. The fourth-order valence-corrected chi connectivity index (χ4v) is 1.45. The van der Waals surface area contributed by atoms with Crippen LogP contribution < -0.4 is 5.32 Å². The van der Waals surface area contributed by atoms with Crippen molar-refractivity contribution in [3.05, 3.63) is 0 Å². The van der Waals surface area contributed by atoms with Crippen LogP contribution in [0.3, 0.4) is 0 Å². The molecule has 0 aliphatic heterocycles. The highest BCUT2D eigenvalue weighted by atomic mass is 16.5. The van der Waals surface area contributed by atoms with Crippen LogP contribution in [0.25, 0.3) is 0 Å². The van der Waals surface area contributed by atoms with E-state index in [0.29, 0.717) is 32.3 Å². The van der Waals surface area contributed by atoms with Crippen LogP contribution >= 0.6 is 0 Å². The Balaban J connectivity index is 3.44. The maximum atomic E-state index is 11.3. The monoisotopic (exact) mass is 247 g/mol. The molecule has 1 amide bonds. The van der Waals surface area contributed by atoms with Crippen LogP contribution in [0.5, 0.6) is 0 Å². The van der Waals surface area contributed by atoms with Gasteiger partial charge in [-0.2, -0.15) is 0 Å². The van der Waals surface area contributed by atoms with Crippen LogP contribution in [-0.2, 0) is 9.47 Å². The normalized spacial score (nSPS) is 12.2. The van der Waals surface area contributed by atoms with E-state index < -0.39 is 6.09 Å². The van der Waals surface area contributed by atoms with Gasteiger partial charge in [-0.25, -0.2) is 4.79 Å². The molecule has 1 atom stereocenters. The summed E-state index contributed by atoms with van der Waals surface area (Å²) in [5, 5.41) is 11.1. The maximum Gasteiger partial charge on any atom is 0.407 e. The summed E-state index contributed by atoms with van der Waals surface area (Å²) in [4.78, 5) is 11.3. The number of carbonyl (C=O) groups is 1. The molecule has 0 radical (unpaired) electrons. The Kier molecular flexibility index (Phi) is 11.1. The summed E-state index contributed by atoms with van der Waals surface area (Å²) in [5.74, 6) is 0.455. The summed E-state index contributed by atoms with van der Waals surface area (Å²) < 4.78 is 10.1. The molecule has 0 spiro atoms. The smallest absolute Gasteiger partial charge is 0.407 e. The van der Waals surface area contributed by atoms with E-state index in [2.05, 4.69) is 19.2 Å². The third-order valence-electron chi connectivity index (χ3n) is 2.48. The molecule has 0 fully saturated rings. The van der Waals surface area contributed by atoms with Crippen molar-refractivity contribution in [2.45, 2.75) is 33.1 Å². The zero-order valence-corrected chi connectivity index (χ0v) is 10.9. The molecule has 0 aromatic rings. The van der Waals surface area contributed by atoms with Gasteiger partial charge in [0.15, 0.2) is 0 Å². The number of rotatable bonds is 10. The van der Waals surface area contributed by atoms with Crippen molar-refractivity contribution >= 4 is 6.09 Å². The van der Waals surface area contributed by atoms with Gasteiger partial charge in [-0.1, -0.05) is 26.7 Å². The number of carbonyl (C=O) groups excluding carboxylic acids is 1. The number of amides is 1. The molecule has 0 bridgehead atoms. The molecule has 5 nitrogen and oxygen atoms in total. The second-order valence-corrected chi connectivity index (χ2v) is 3.92. The third-order valence-corrected chi connectivity index (χ3v) is 2.48. The SMILES string of the molecule is CCCC(CC)COC(=O)NCCOCCO. The maximum absolute atomic E-state index is 11.3. The van der Waals surface area contributed by atoms with Crippen LogP contribution in [0.1, 0.15) is 33.1 Å². The van der Waals surface area contributed by atoms with Gasteiger partial charge in [0.1, 0.15) is 0 Å². The van der Waals surface area contributed by atoms with Crippen molar-refractivity contribution in [2.75, 3.05) is 33.0 Å². The van der Waals surface area contributed by atoms with E-state index in [1.807, 2.05) is 0 Å². The number of nitrogens with one attached hydrogen (secondary N) is 1. The molecule has 0 saturated heterocycles. The highest BCUT2D eigenvalue weighted by Gasteiger charge is 2.08. The largest absolute Gasteiger partial charge is 0.449 e. The van der Waals surface area contributed by atoms with E-state index in [0.717, 1.165) is 19.3 Å². The van der Waals surface area contributed by atoms with Crippen LogP contribution in [0.4, 0.5) is 4.79 Å². The lowest BCUT2D eigenvalue weighted by atomic mass is 10.0. The van der Waals surface area contributed by atoms with Gasteiger partial charge >= 0.3 is 6.09 Å². The summed E-state index contributed by atoms with van der Waals surface area (Å²) in [5.41, 5.74) is 0. The Hall–Kier alpha value is -0.810. The second kappa shape index (κ2) is 11.7. The Morgan fingerprint density at radius 3 is 2.71 bits per heavy atom. The van der Waals surface area contributed by atoms with Gasteiger partial charge < -0.3 is 19.9 Å². The average Bonchev–Trinajstić information content (AvgIpc) is 2.34. The Bertz CT molecular complexity index is 187. The molecule has 0 aromatic heterocycles. The lowest BCUT2D eigenvalue weighted by Gasteiger charge is -2.14. The van der Waals surface area contributed by atoms with Gasteiger partial charge in [0.25, 0.3) is 0 Å². The zero-order chi connectivity index (χ0) is 12.9. The van der Waals surface area contributed by atoms with Crippen LogP contribution in [0.15, 0.2) is 0 Å². The Labute approximate surface area is 103 Å². The minimum Gasteiger partial charge on any atom is -0.449 e. The van der Waals surface area contributed by atoms with Gasteiger partial charge in [-0.15, -0.1) is 0 Å². The molecule has 0 aliphatic carbocycles. The van der Waals surface area contributed by atoms with Gasteiger partial charge in [-0.05, 0) is 12.3 Å². The standard InChI is InChI=1S/C12H25NO4/c1-3-5-11(4-2)10-17-12(15)13-6-8-16-9-7-14/h11,14H,3-10H2,1-2H3,(H,13,15). The number of alkyl carbamates (subject to hydrolysis) is 1. The molecule has 2 N–H and O–H groups in total. The van der Waals surface area contributed by atoms with Gasteiger partial charge in [0.05, 0.1) is 26.4 Å². The fraction of sp³-hybridized carbons (Fsp3) is 0.917. The van der Waals surface area contributed by atoms with Crippen molar-refractivity contribution in [2.24, 2.45) is 5.92 Å². The lowest BCUT2D eigenvalue weighted by Crippen LogP contribution is -2.29. The van der Waals surface area contributed by atoms with Crippen LogP contribution in [0, 0.1) is 5.92 Å². The van der Waals surface area contributed by atoms with Crippen molar-refractivity contribution in [3.8, 4) is 0 Å². The molecule has 0 saturated carbocycles. The predicted molar refractivity (Wildman–Crippen MR) is 65.9 cm³/mol. The summed E-state index contributed by atoms with van der Waals surface area (Å²) in [6, 6.07) is 0. The fourth-order valence-electron chi connectivity index (χ4n) is 1.45. The van der Waals surface area contributed by atoms with Crippen molar-refractivity contribution < 1.29 is 19.4 Å². The molecule has 0 aliphatic rings. The van der Waals surface area contributed by atoms with E-state index in [4.69, 9.17) is 14.6 Å². The number of ether oxygens (including phenoxy) is 2. The minimum atomic E-state index is -0.396. The van der Waals surface area contributed by atoms with E-state index in [1.165, 1.54) is 0 Å². The molecule has 1 unspecified atom stereocenters. The van der Waals surface area contributed by atoms with Crippen LogP contribution in [-0.4, -0.2) is 44.2 Å². The molecule has 102 valence electrons. The summed E-state index contributed by atoms with van der Waals surface area (Å²) >= 11 is 0. The zero-order valence-electron chi connectivity index (χ0n) is 10.9. The topological polar surface area (TPSA) is 67.8 Å². The number of hydrogen-bond donors (Lipinski definition) is 2. The second-order valence-electron chi connectivity index (χ2n) is 3.92. The third kappa shape index (κ3) is 10.1. The first-order valence-electron chi connectivity index (χ1n) is 6.33. The van der Waals surface area contributed by atoms with E-state index >= 15 is 0 Å². The van der Waals surface area contributed by atoms with Crippen LogP contribution in [0.2, 0.25) is 0 Å². The number of aliphatic hydroxyl groups excluding tert-OH is 1. The van der Waals surface area contributed by atoms with E-state index in [-0.39, 0.29) is 6.61 Å². The first-order valence-corrected chi connectivity index (χ1v) is 6.33. The predicted octanol–water partition coefficient (Wildman–Crippen LogP) is 1.55. The van der Waals surface area contributed by atoms with Crippen molar-refractivity contribution in [1.82, 2.24) is 5.32 Å². The van der Waals surface area contributed by atoms with E-state index in [9.17, 15) is 4.79 Å². The van der Waals surface area contributed by atoms with Crippen molar-refractivity contribution in [3.63, 3.8) is 0 Å². The molecule has 0 heterocycles. The first-order chi connectivity index (χ1) is 8.24. The molecular formula is C12H25NO4. The number of hydrogen-bond acceptors (Lipinski definition) is 4. The summed E-state index contributed by atoms with van der Waals surface area (Å²) in [6.45, 7) is 5.80. The summed E-state index contributed by atoms with van der Waals surface area (Å²) in [7, 11) is 0. The number of aliphatic hydroxyl groups is 1. The lowest BCUT2D eigenvalue weighted by molar-refractivity contribution is 0.0883. The molecular weight excluding hydrogens is 222 g/mol. The van der Waals surface area contributed by atoms with E-state index in [1.54, 1.807) is 0 Å². The van der Waals surface area contributed by atoms with Crippen molar-refractivity contribution in [1.29, 1.82) is 0 Å². The molecule has 5 heteroatoms. The van der Waals surface area contributed by atoms with Gasteiger partial charge in [0.2, 0.25) is 0 Å². The quantitative estimate of drug-likeness (QED) is 0.575. The summed E-state index contributed by atoms with van der Waals surface area (Å²) in [6.07, 6.45) is 2.83. The average molecular weight is 247 g/mol. The van der Waals surface area contributed by atoms with Gasteiger partial charge in [0, 0.05) is 6.54 Å². The highest BCUT2D eigenvalue weighted by molar-refractivity contribution is 5.67.